The van der Waals surface area contributed by atoms with Crippen LogP contribution in [0.3, 0.4) is 0 Å². The summed E-state index contributed by atoms with van der Waals surface area (Å²) in [6.07, 6.45) is 3.70. The molecular weight excluding hydrogens is 541 g/mol. The molecule has 41 heavy (non-hydrogen) atoms. The number of methoxy groups -OCH3 is 1. The second-order valence-corrected chi connectivity index (χ2v) is 11.0. The number of benzene rings is 4. The first-order valence-electron chi connectivity index (χ1n) is 13.2. The molecule has 0 amide bonds. The SMILES string of the molecule is COc1cccc([C@@H]2[C@@H](C(=O)c3ccc(F)cc3)N3c4ccc(Cl)cc4C=C[C@H]3C23C(=O)c2ccccc2C3=O)c1. The smallest absolute Gasteiger partial charge is 0.185 e. The molecule has 0 aromatic heterocycles. The molecule has 3 aliphatic rings. The van der Waals surface area contributed by atoms with Crippen LogP contribution in [0.15, 0.2) is 97.1 Å². The van der Waals surface area contributed by atoms with E-state index in [1.807, 2.05) is 29.2 Å². The Morgan fingerprint density at radius 2 is 1.61 bits per heavy atom. The van der Waals surface area contributed by atoms with Crippen molar-refractivity contribution in [1.29, 1.82) is 0 Å². The lowest BCUT2D eigenvalue weighted by molar-refractivity contribution is 0.0665. The first-order chi connectivity index (χ1) is 19.9. The van der Waals surface area contributed by atoms with Gasteiger partial charge >= 0.3 is 0 Å². The van der Waals surface area contributed by atoms with Crippen molar-refractivity contribution < 1.29 is 23.5 Å². The van der Waals surface area contributed by atoms with Crippen LogP contribution < -0.4 is 9.64 Å². The van der Waals surface area contributed by atoms with E-state index in [2.05, 4.69) is 0 Å². The molecule has 7 rings (SSSR count). The topological polar surface area (TPSA) is 63.7 Å². The van der Waals surface area contributed by atoms with Crippen molar-refractivity contribution >= 4 is 40.7 Å². The van der Waals surface area contributed by atoms with Crippen LogP contribution in [0.25, 0.3) is 6.08 Å². The van der Waals surface area contributed by atoms with Gasteiger partial charge in [-0.05, 0) is 65.7 Å². The molecule has 0 saturated carbocycles. The van der Waals surface area contributed by atoms with Crippen LogP contribution in [0.1, 0.15) is 48.1 Å². The third kappa shape index (κ3) is 3.50. The molecule has 7 heteroatoms. The van der Waals surface area contributed by atoms with Gasteiger partial charge < -0.3 is 9.64 Å². The molecule has 4 aromatic carbocycles. The highest BCUT2D eigenvalue weighted by atomic mass is 35.5. The Morgan fingerprint density at radius 1 is 0.902 bits per heavy atom. The molecule has 1 aliphatic carbocycles. The van der Waals surface area contributed by atoms with Gasteiger partial charge in [0.15, 0.2) is 17.3 Å². The lowest BCUT2D eigenvalue weighted by Crippen LogP contribution is -2.48. The van der Waals surface area contributed by atoms with Gasteiger partial charge in [0.05, 0.1) is 13.2 Å². The van der Waals surface area contributed by atoms with Crippen molar-refractivity contribution in [2.24, 2.45) is 5.41 Å². The van der Waals surface area contributed by atoms with Gasteiger partial charge in [0, 0.05) is 33.3 Å². The van der Waals surface area contributed by atoms with Crippen LogP contribution in [-0.2, 0) is 0 Å². The normalized spacial score (nSPS) is 21.5. The number of hydrogen-bond donors (Lipinski definition) is 0. The second-order valence-electron chi connectivity index (χ2n) is 10.6. The third-order valence-corrected chi connectivity index (χ3v) is 8.85. The summed E-state index contributed by atoms with van der Waals surface area (Å²) in [4.78, 5) is 45.8. The van der Waals surface area contributed by atoms with Gasteiger partial charge in [-0.3, -0.25) is 14.4 Å². The largest absolute Gasteiger partial charge is 0.497 e. The maximum atomic E-state index is 14.6. The van der Waals surface area contributed by atoms with Crippen LogP contribution in [0, 0.1) is 11.2 Å². The molecule has 4 aromatic rings. The highest BCUT2D eigenvalue weighted by Crippen LogP contribution is 2.61. The summed E-state index contributed by atoms with van der Waals surface area (Å²) in [6.45, 7) is 0. The van der Waals surface area contributed by atoms with Crippen molar-refractivity contribution in [2.45, 2.75) is 18.0 Å². The van der Waals surface area contributed by atoms with E-state index in [1.165, 1.54) is 24.3 Å². The van der Waals surface area contributed by atoms with E-state index < -0.39 is 29.2 Å². The zero-order valence-electron chi connectivity index (χ0n) is 21.9. The summed E-state index contributed by atoms with van der Waals surface area (Å²) in [5.74, 6) is -1.79. The molecule has 202 valence electrons. The monoisotopic (exact) mass is 563 g/mol. The maximum Gasteiger partial charge on any atom is 0.185 e. The number of nitrogens with zero attached hydrogens (tertiary/aromatic N) is 1. The van der Waals surface area contributed by atoms with Crippen LogP contribution in [0.2, 0.25) is 5.02 Å². The highest BCUT2D eigenvalue weighted by Gasteiger charge is 2.71. The molecule has 1 saturated heterocycles. The molecule has 5 nitrogen and oxygen atoms in total. The number of Topliss-reactive ketones (excluding diaryl/α,β-unsaturated/α-hetero) is 3. The highest BCUT2D eigenvalue weighted by molar-refractivity contribution is 6.32. The van der Waals surface area contributed by atoms with Crippen molar-refractivity contribution in [1.82, 2.24) is 0 Å². The lowest BCUT2D eigenvalue weighted by atomic mass is 9.64. The molecule has 0 bridgehead atoms. The molecule has 3 atom stereocenters. The molecular formula is C34H23ClFNO4. The number of ether oxygens (including phenoxy) is 1. The zero-order chi connectivity index (χ0) is 28.5. The number of halogens is 2. The molecule has 0 N–H and O–H groups in total. The van der Waals surface area contributed by atoms with Crippen LogP contribution in [0.5, 0.6) is 5.75 Å². The van der Waals surface area contributed by atoms with Crippen molar-refractivity contribution in [3.8, 4) is 5.75 Å². The number of carbonyl (C=O) groups excluding carboxylic acids is 3. The Kier molecular flexibility index (Phi) is 5.73. The van der Waals surface area contributed by atoms with Gasteiger partial charge in [-0.15, -0.1) is 0 Å². The fourth-order valence-electron chi connectivity index (χ4n) is 6.94. The maximum absolute atomic E-state index is 14.6. The average molecular weight is 564 g/mol. The predicted molar refractivity (Wildman–Crippen MR) is 155 cm³/mol. The van der Waals surface area contributed by atoms with Gasteiger partial charge in [-0.1, -0.05) is 60.2 Å². The Morgan fingerprint density at radius 3 is 2.29 bits per heavy atom. The van der Waals surface area contributed by atoms with Crippen molar-refractivity contribution in [3.63, 3.8) is 0 Å². The Balaban J connectivity index is 1.55. The lowest BCUT2D eigenvalue weighted by Gasteiger charge is -2.37. The van der Waals surface area contributed by atoms with E-state index >= 15 is 0 Å². The first kappa shape index (κ1) is 25.4. The molecule has 0 radical (unpaired) electrons. The minimum atomic E-state index is -1.63. The van der Waals surface area contributed by atoms with Crippen LogP contribution >= 0.6 is 11.6 Å². The number of carbonyl (C=O) groups is 3. The van der Waals surface area contributed by atoms with E-state index in [0.717, 1.165) is 5.56 Å². The van der Waals surface area contributed by atoms with Crippen molar-refractivity contribution in [3.05, 3.63) is 136 Å². The third-order valence-electron chi connectivity index (χ3n) is 8.62. The molecule has 1 spiro atoms. The molecule has 1 fully saturated rings. The van der Waals surface area contributed by atoms with E-state index in [1.54, 1.807) is 61.7 Å². The minimum Gasteiger partial charge on any atom is -0.497 e. The summed E-state index contributed by atoms with van der Waals surface area (Å²) in [6, 6.07) is 23.0. The van der Waals surface area contributed by atoms with Gasteiger partial charge in [-0.25, -0.2) is 4.39 Å². The Labute approximate surface area is 240 Å². The summed E-state index contributed by atoms with van der Waals surface area (Å²) < 4.78 is 19.4. The Bertz CT molecular complexity index is 1760. The van der Waals surface area contributed by atoms with Gasteiger partial charge in [0.25, 0.3) is 0 Å². The average Bonchev–Trinajstić information content (AvgIpc) is 3.43. The van der Waals surface area contributed by atoms with Crippen LogP contribution in [-0.4, -0.2) is 36.5 Å². The number of ketones is 3. The standard InChI is InChI=1S/C34H23ClFNO4/c1-41-24-6-4-5-21(18-24)29-30(31(38)19-9-13-23(36)14-10-19)37-27-15-12-22(35)17-20(27)11-16-28(37)34(29)32(39)25-7-2-3-8-26(25)33(34)40/h2-18,28-30H,1H3/t28-,29+,30-/m0/s1. The summed E-state index contributed by atoms with van der Waals surface area (Å²) in [7, 11) is 1.54. The fraction of sp³-hybridized carbons (Fsp3) is 0.147. The van der Waals surface area contributed by atoms with E-state index in [-0.39, 0.29) is 22.9 Å². The van der Waals surface area contributed by atoms with E-state index in [4.69, 9.17) is 16.3 Å². The molecule has 2 heterocycles. The number of anilines is 1. The minimum absolute atomic E-state index is 0.278. The molecule has 0 unspecified atom stereocenters. The van der Waals surface area contributed by atoms with E-state index in [0.29, 0.717) is 33.1 Å². The number of hydrogen-bond acceptors (Lipinski definition) is 5. The second kappa shape index (κ2) is 9.25. The summed E-state index contributed by atoms with van der Waals surface area (Å²) in [5.41, 5.74) is 1.40. The Hall–Kier alpha value is -4.55. The van der Waals surface area contributed by atoms with Gasteiger partial charge in [0.2, 0.25) is 0 Å². The van der Waals surface area contributed by atoms with E-state index in [9.17, 15) is 18.8 Å². The van der Waals surface area contributed by atoms with Gasteiger partial charge in [-0.2, -0.15) is 0 Å². The van der Waals surface area contributed by atoms with Gasteiger partial charge in [0.1, 0.15) is 23.0 Å². The fourth-order valence-corrected chi connectivity index (χ4v) is 7.12. The number of fused-ring (bicyclic) bond motifs is 5. The first-order valence-corrected chi connectivity index (χ1v) is 13.6. The predicted octanol–water partition coefficient (Wildman–Crippen LogP) is 6.80. The van der Waals surface area contributed by atoms with Crippen LogP contribution in [0.4, 0.5) is 10.1 Å². The zero-order valence-corrected chi connectivity index (χ0v) is 22.6. The number of rotatable bonds is 4. The summed E-state index contributed by atoms with van der Waals surface area (Å²) >= 11 is 6.34. The molecule has 2 aliphatic heterocycles. The summed E-state index contributed by atoms with van der Waals surface area (Å²) in [5, 5.41) is 0.520. The van der Waals surface area contributed by atoms with Crippen molar-refractivity contribution in [2.75, 3.05) is 12.0 Å². The quantitative estimate of drug-likeness (QED) is 0.202.